The van der Waals surface area contributed by atoms with Gasteiger partial charge < -0.3 is 14.2 Å². The standard InChI is InChI=1S/C16H14O2.C10H16O2.C10H12O.C9H10O2.C8H10O2/c1-11(17)13-3-7-15(8-4-13)16-9-5-14(6-10-16)12(2)18;1-7(11)9-3-5-10(6-4-9)8(2)12;1-7-4-8(2)6-10(5-7)9(3)11;1-7(10)8-3-5-9(11-2)6-4-8;1-9-7-5-3-4-6-8(7)10-2/h3-10H,1-2H3;9-10H,3-6H2,1-2H3;4-6H,1-3H3;3-6H,1-2H3;3-6H,1-2H3. The first kappa shape index (κ1) is 51.7. The normalized spacial score (nSPS) is 13.5. The van der Waals surface area contributed by atoms with Crippen LogP contribution in [-0.4, -0.2) is 56.0 Å². The first-order chi connectivity index (χ1) is 29.4. The third kappa shape index (κ3) is 18.0. The third-order valence-corrected chi connectivity index (χ3v) is 10.2. The largest absolute Gasteiger partial charge is 0.497 e. The molecule has 62 heavy (non-hydrogen) atoms. The fourth-order valence-corrected chi connectivity index (χ4v) is 6.49. The van der Waals surface area contributed by atoms with Crippen LogP contribution in [0.4, 0.5) is 0 Å². The van der Waals surface area contributed by atoms with Gasteiger partial charge in [0.15, 0.2) is 34.6 Å². The second kappa shape index (κ2) is 26.7. The molecule has 9 nitrogen and oxygen atoms in total. The molecule has 0 aliphatic heterocycles. The third-order valence-electron chi connectivity index (χ3n) is 10.2. The van der Waals surface area contributed by atoms with E-state index >= 15 is 0 Å². The lowest BCUT2D eigenvalue weighted by atomic mass is 9.79. The molecule has 5 aromatic carbocycles. The summed E-state index contributed by atoms with van der Waals surface area (Å²) in [5.74, 6) is 3.70. The molecular weight excluding hydrogens is 781 g/mol. The quantitative estimate of drug-likeness (QED) is 0.126. The van der Waals surface area contributed by atoms with E-state index in [0.29, 0.717) is 16.7 Å². The Morgan fingerprint density at radius 3 is 0.968 bits per heavy atom. The highest BCUT2D eigenvalue weighted by atomic mass is 16.5. The Labute approximate surface area is 367 Å². The molecule has 0 bridgehead atoms. The van der Waals surface area contributed by atoms with Gasteiger partial charge in [0, 0.05) is 34.1 Å². The molecule has 0 spiro atoms. The van der Waals surface area contributed by atoms with E-state index in [9.17, 15) is 28.8 Å². The van der Waals surface area contributed by atoms with E-state index < -0.39 is 0 Å². The second-order valence-electron chi connectivity index (χ2n) is 15.1. The Morgan fingerprint density at radius 2 is 0.710 bits per heavy atom. The number of ether oxygens (including phenoxy) is 3. The first-order valence-electron chi connectivity index (χ1n) is 20.5. The maximum atomic E-state index is 11.2. The fraction of sp³-hybridized carbons (Fsp3) is 0.321. The molecule has 0 amide bonds. The second-order valence-corrected chi connectivity index (χ2v) is 15.1. The number of methoxy groups -OCH3 is 3. The van der Waals surface area contributed by atoms with Gasteiger partial charge in [0.2, 0.25) is 0 Å². The van der Waals surface area contributed by atoms with E-state index in [1.54, 1.807) is 87.1 Å². The molecule has 0 aromatic heterocycles. The Morgan fingerprint density at radius 1 is 0.403 bits per heavy atom. The van der Waals surface area contributed by atoms with Crippen LogP contribution in [-0.2, 0) is 9.59 Å². The van der Waals surface area contributed by atoms with Gasteiger partial charge in [0.05, 0.1) is 21.3 Å². The molecule has 1 saturated carbocycles. The molecule has 1 fully saturated rings. The zero-order valence-corrected chi connectivity index (χ0v) is 38.1. The lowest BCUT2D eigenvalue weighted by molar-refractivity contribution is -0.126. The van der Waals surface area contributed by atoms with Gasteiger partial charge in [-0.15, -0.1) is 0 Å². The van der Waals surface area contributed by atoms with Crippen LogP contribution in [0.25, 0.3) is 11.1 Å². The average molecular weight is 843 g/mol. The highest BCUT2D eigenvalue weighted by Gasteiger charge is 2.26. The predicted molar refractivity (Wildman–Crippen MR) is 247 cm³/mol. The predicted octanol–water partition coefficient (Wildman–Crippen LogP) is 11.8. The molecule has 0 unspecified atom stereocenters. The van der Waals surface area contributed by atoms with E-state index in [0.717, 1.165) is 70.7 Å². The number of carbonyl (C=O) groups excluding carboxylic acids is 6. The van der Waals surface area contributed by atoms with Gasteiger partial charge in [0.1, 0.15) is 17.3 Å². The summed E-state index contributed by atoms with van der Waals surface area (Å²) in [4.78, 5) is 66.1. The van der Waals surface area contributed by atoms with Crippen LogP contribution < -0.4 is 14.2 Å². The molecule has 328 valence electrons. The average Bonchev–Trinajstić information content (AvgIpc) is 3.27. The molecular formula is C53H62O9. The molecule has 1 aliphatic rings. The van der Waals surface area contributed by atoms with Crippen LogP contribution in [0.3, 0.4) is 0 Å². The Bertz CT molecular complexity index is 2110. The smallest absolute Gasteiger partial charge is 0.160 e. The maximum Gasteiger partial charge on any atom is 0.160 e. The lowest BCUT2D eigenvalue weighted by Crippen LogP contribution is -2.23. The maximum absolute atomic E-state index is 11.2. The number of aryl methyl sites for hydroxylation is 2. The molecule has 9 heteroatoms. The van der Waals surface area contributed by atoms with Crippen molar-refractivity contribution in [3.8, 4) is 28.4 Å². The molecule has 0 saturated heterocycles. The van der Waals surface area contributed by atoms with Gasteiger partial charge >= 0.3 is 0 Å². The number of carbonyl (C=O) groups is 6. The van der Waals surface area contributed by atoms with Crippen LogP contribution in [0.1, 0.15) is 120 Å². The number of benzene rings is 5. The summed E-state index contributed by atoms with van der Waals surface area (Å²) in [6, 6.07) is 35.4. The number of hydrogen-bond donors (Lipinski definition) is 0. The minimum atomic E-state index is 0.0634. The summed E-state index contributed by atoms with van der Waals surface area (Å²) < 4.78 is 15.0. The fourth-order valence-electron chi connectivity index (χ4n) is 6.49. The van der Waals surface area contributed by atoms with Crippen molar-refractivity contribution in [3.63, 3.8) is 0 Å². The van der Waals surface area contributed by atoms with E-state index in [-0.39, 0.29) is 46.5 Å². The lowest BCUT2D eigenvalue weighted by Gasteiger charge is -2.24. The topological polar surface area (TPSA) is 130 Å². The molecule has 0 atom stereocenters. The molecule has 0 heterocycles. The van der Waals surface area contributed by atoms with Crippen LogP contribution in [0.15, 0.2) is 115 Å². The SMILES string of the molecule is CC(=O)C1CCC(C(C)=O)CC1.CC(=O)c1cc(C)cc(C)c1.CC(=O)c1ccc(-c2ccc(C(C)=O)cc2)cc1.COc1ccc(C(C)=O)cc1.COc1ccccc1OC. The number of rotatable bonds is 10. The highest BCUT2D eigenvalue weighted by molar-refractivity contribution is 5.96. The molecule has 0 radical (unpaired) electrons. The summed E-state index contributed by atoms with van der Waals surface area (Å²) in [6.45, 7) is 13.5. The van der Waals surface area contributed by atoms with E-state index in [4.69, 9.17) is 14.2 Å². The van der Waals surface area contributed by atoms with Gasteiger partial charge in [-0.25, -0.2) is 0 Å². The van der Waals surface area contributed by atoms with Crippen LogP contribution in [0.5, 0.6) is 17.2 Å². The van der Waals surface area contributed by atoms with Crippen molar-refractivity contribution >= 4 is 34.7 Å². The van der Waals surface area contributed by atoms with Crippen LogP contribution in [0, 0.1) is 25.7 Å². The van der Waals surface area contributed by atoms with Gasteiger partial charge in [-0.1, -0.05) is 77.9 Å². The monoisotopic (exact) mass is 842 g/mol. The van der Waals surface area contributed by atoms with Gasteiger partial charge in [-0.3, -0.25) is 28.8 Å². The zero-order valence-electron chi connectivity index (χ0n) is 38.1. The van der Waals surface area contributed by atoms with Crippen LogP contribution >= 0.6 is 0 Å². The van der Waals surface area contributed by atoms with Crippen molar-refractivity contribution < 1.29 is 43.0 Å². The Hall–Kier alpha value is -6.48. The molecule has 1 aliphatic carbocycles. The Balaban J connectivity index is 0.000000272. The van der Waals surface area contributed by atoms with Gasteiger partial charge in [-0.2, -0.15) is 0 Å². The van der Waals surface area contributed by atoms with Gasteiger partial charge in [-0.05, 0) is 141 Å². The van der Waals surface area contributed by atoms with Gasteiger partial charge in [0.25, 0.3) is 0 Å². The summed E-state index contributed by atoms with van der Waals surface area (Å²) in [5, 5.41) is 0. The minimum Gasteiger partial charge on any atom is -0.497 e. The number of para-hydroxylation sites is 2. The van der Waals surface area contributed by atoms with E-state index in [2.05, 4.69) is 6.07 Å². The van der Waals surface area contributed by atoms with E-state index in [1.165, 1.54) is 0 Å². The molecule has 6 rings (SSSR count). The number of hydrogen-bond acceptors (Lipinski definition) is 9. The zero-order chi connectivity index (χ0) is 46.4. The van der Waals surface area contributed by atoms with Crippen molar-refractivity contribution in [1.29, 1.82) is 0 Å². The number of ketones is 6. The van der Waals surface area contributed by atoms with Crippen molar-refractivity contribution in [2.45, 2.75) is 81.1 Å². The van der Waals surface area contributed by atoms with E-state index in [1.807, 2.05) is 98.8 Å². The van der Waals surface area contributed by atoms with Crippen molar-refractivity contribution in [2.75, 3.05) is 21.3 Å². The number of Topliss-reactive ketones (excluding diaryl/α,β-unsaturated/α-hetero) is 6. The van der Waals surface area contributed by atoms with Crippen molar-refractivity contribution in [2.24, 2.45) is 11.8 Å². The van der Waals surface area contributed by atoms with Crippen molar-refractivity contribution in [1.82, 2.24) is 0 Å². The summed E-state index contributed by atoms with van der Waals surface area (Å²) in [7, 11) is 4.85. The minimum absolute atomic E-state index is 0.0634. The van der Waals surface area contributed by atoms with Crippen molar-refractivity contribution in [3.05, 3.63) is 149 Å². The molecule has 5 aromatic rings. The first-order valence-corrected chi connectivity index (χ1v) is 20.5. The summed E-state index contributed by atoms with van der Waals surface area (Å²) >= 11 is 0. The summed E-state index contributed by atoms with van der Waals surface area (Å²) in [5.41, 5.74) is 7.31. The summed E-state index contributed by atoms with van der Waals surface area (Å²) in [6.07, 6.45) is 3.66. The highest BCUT2D eigenvalue weighted by Crippen LogP contribution is 2.29. The molecule has 0 N–H and O–H groups in total. The van der Waals surface area contributed by atoms with Crippen LogP contribution in [0.2, 0.25) is 0 Å². The Kier molecular flexibility index (Phi) is 22.2.